The van der Waals surface area contributed by atoms with Crippen LogP contribution in [-0.2, 0) is 6.18 Å². The fraction of sp³-hybridized carbons (Fsp3) is 0.458. The van der Waals surface area contributed by atoms with Gasteiger partial charge in [0.15, 0.2) is 5.82 Å². The van der Waals surface area contributed by atoms with Crippen molar-refractivity contribution in [1.82, 2.24) is 20.3 Å². The summed E-state index contributed by atoms with van der Waals surface area (Å²) >= 11 is 0. The van der Waals surface area contributed by atoms with Gasteiger partial charge in [-0.05, 0) is 38.3 Å². The van der Waals surface area contributed by atoms with Crippen LogP contribution in [0.4, 0.5) is 42.2 Å². The van der Waals surface area contributed by atoms with E-state index in [1.54, 1.807) is 11.8 Å². The number of aromatic nitrogens is 3. The maximum Gasteiger partial charge on any atom is 0.417 e. The van der Waals surface area contributed by atoms with Crippen LogP contribution in [-0.4, -0.2) is 52.3 Å². The predicted molar refractivity (Wildman–Crippen MR) is 125 cm³/mol. The van der Waals surface area contributed by atoms with E-state index >= 15 is 4.39 Å². The van der Waals surface area contributed by atoms with Gasteiger partial charge in [0.2, 0.25) is 5.88 Å². The second-order valence-corrected chi connectivity index (χ2v) is 9.85. The number of halogens is 7. The smallest absolute Gasteiger partial charge is 0.417 e. The first-order valence-electron chi connectivity index (χ1n) is 12.1. The van der Waals surface area contributed by atoms with Gasteiger partial charge in [0.05, 0.1) is 17.3 Å². The van der Waals surface area contributed by atoms with E-state index in [0.717, 1.165) is 19.8 Å². The molecule has 0 saturated carbocycles. The first-order valence-corrected chi connectivity index (χ1v) is 12.1. The molecular weight excluding hydrogens is 537 g/mol. The fourth-order valence-electron chi connectivity index (χ4n) is 5.97. The molecule has 3 aromatic rings. The number of pyridine rings is 1. The van der Waals surface area contributed by atoms with Gasteiger partial charge >= 0.3 is 18.8 Å². The molecule has 0 spiro atoms. The minimum absolute atomic E-state index is 0.0159. The zero-order chi connectivity index (χ0) is 28.0. The Labute approximate surface area is 216 Å². The molecule has 1 aromatic carbocycles. The molecule has 4 atom stereocenters. The highest BCUT2D eigenvalue weighted by Gasteiger charge is 2.47. The number of piperazine rings is 1. The zero-order valence-corrected chi connectivity index (χ0v) is 20.4. The summed E-state index contributed by atoms with van der Waals surface area (Å²) in [6, 6.07) is -0.685. The summed E-state index contributed by atoms with van der Waals surface area (Å²) in [4.78, 5) is 13.8. The van der Waals surface area contributed by atoms with Gasteiger partial charge in [0.25, 0.3) is 0 Å². The molecule has 2 aromatic heterocycles. The Balaban J connectivity index is 1.67. The Hall–Kier alpha value is -3.62. The number of ether oxygens (including phenoxy) is 2. The van der Waals surface area contributed by atoms with Crippen LogP contribution in [0.3, 0.4) is 0 Å². The number of nitrogens with one attached hydrogen (secondary N) is 1. The Morgan fingerprint density at radius 3 is 2.59 bits per heavy atom. The molecule has 2 fully saturated rings. The molecule has 0 amide bonds. The number of anilines is 2. The van der Waals surface area contributed by atoms with Crippen LogP contribution >= 0.6 is 0 Å². The summed E-state index contributed by atoms with van der Waals surface area (Å²) in [7, 11) is 0. The van der Waals surface area contributed by atoms with Gasteiger partial charge in [-0.1, -0.05) is 0 Å². The third-order valence-corrected chi connectivity index (χ3v) is 7.49. The van der Waals surface area contributed by atoms with Crippen LogP contribution in [0.5, 0.6) is 11.9 Å². The van der Waals surface area contributed by atoms with Crippen molar-refractivity contribution >= 4 is 22.4 Å². The van der Waals surface area contributed by atoms with Gasteiger partial charge in [-0.2, -0.15) is 31.9 Å². The molecule has 0 aliphatic carbocycles. The van der Waals surface area contributed by atoms with Crippen LogP contribution in [0.15, 0.2) is 6.07 Å². The predicted octanol–water partition coefficient (Wildman–Crippen LogP) is 4.57. The molecule has 0 unspecified atom stereocenters. The van der Waals surface area contributed by atoms with Crippen molar-refractivity contribution in [2.45, 2.75) is 63.7 Å². The molecular formula is C24H21F7N6O2. The summed E-state index contributed by atoms with van der Waals surface area (Å²) in [6.07, 6.45) is -4.14. The lowest BCUT2D eigenvalue weighted by Crippen LogP contribution is -2.62. The average Bonchev–Trinajstić information content (AvgIpc) is 3.16. The van der Waals surface area contributed by atoms with Crippen molar-refractivity contribution in [1.29, 1.82) is 0 Å². The van der Waals surface area contributed by atoms with E-state index in [2.05, 4.69) is 25.0 Å². The van der Waals surface area contributed by atoms with E-state index in [1.807, 2.05) is 0 Å². The van der Waals surface area contributed by atoms with E-state index in [0.29, 0.717) is 12.6 Å². The molecule has 0 radical (unpaired) electrons. The van der Waals surface area contributed by atoms with E-state index < -0.39 is 76.2 Å². The number of alkyl halides is 5. The van der Waals surface area contributed by atoms with Crippen molar-refractivity contribution in [3.63, 3.8) is 0 Å². The van der Waals surface area contributed by atoms with Gasteiger partial charge in [-0.15, -0.1) is 0 Å². The largest absolute Gasteiger partial charge is 0.472 e. The van der Waals surface area contributed by atoms with Crippen LogP contribution < -0.4 is 25.4 Å². The Kier molecular flexibility index (Phi) is 5.72. The topological polar surface area (TPSA) is 98.4 Å². The van der Waals surface area contributed by atoms with E-state index in [4.69, 9.17) is 10.5 Å². The third kappa shape index (κ3) is 3.96. The number of fused-ring (bicyclic) bond motifs is 5. The quantitative estimate of drug-likeness (QED) is 0.357. The van der Waals surface area contributed by atoms with Crippen molar-refractivity contribution in [3.05, 3.63) is 28.8 Å². The normalized spacial score (nSPS) is 24.1. The summed E-state index contributed by atoms with van der Waals surface area (Å²) in [5.74, 6) is -2.99. The molecule has 5 heterocycles. The average molecular weight is 558 g/mol. The number of hydrogen-bond donors (Lipinski definition) is 2. The first kappa shape index (κ1) is 25.6. The minimum Gasteiger partial charge on any atom is -0.472 e. The van der Waals surface area contributed by atoms with Crippen LogP contribution in [0.2, 0.25) is 0 Å². The number of nitrogens with zero attached hydrogens (tertiary/aromatic N) is 4. The van der Waals surface area contributed by atoms with Crippen molar-refractivity contribution < 1.29 is 40.2 Å². The monoisotopic (exact) mass is 558 g/mol. The van der Waals surface area contributed by atoms with E-state index in [-0.39, 0.29) is 29.2 Å². The van der Waals surface area contributed by atoms with Crippen LogP contribution in [0, 0.1) is 18.6 Å². The molecule has 2 saturated heterocycles. The molecule has 6 rings (SSSR count). The lowest BCUT2D eigenvalue weighted by Gasteiger charge is -2.42. The molecule has 208 valence electrons. The second-order valence-electron chi connectivity index (χ2n) is 9.85. The number of nitrogens with two attached hydrogens (primary N) is 1. The zero-order valence-electron chi connectivity index (χ0n) is 20.4. The van der Waals surface area contributed by atoms with Gasteiger partial charge in [-0.3, -0.25) is 0 Å². The molecule has 8 nitrogen and oxygen atoms in total. The maximum absolute atomic E-state index is 16.2. The lowest BCUT2D eigenvalue weighted by molar-refractivity contribution is -0.137. The van der Waals surface area contributed by atoms with E-state index in [1.165, 1.54) is 0 Å². The molecule has 2 bridgehead atoms. The van der Waals surface area contributed by atoms with Gasteiger partial charge in [-0.25, -0.2) is 13.8 Å². The third-order valence-electron chi connectivity index (χ3n) is 7.49. The number of rotatable bonds is 3. The molecule has 3 N–H and O–H groups in total. The molecule has 3 aliphatic heterocycles. The lowest BCUT2D eigenvalue weighted by atomic mass is 9.96. The summed E-state index contributed by atoms with van der Waals surface area (Å²) in [5, 5.41) is 3.36. The highest BCUT2D eigenvalue weighted by molar-refractivity contribution is 5.97. The van der Waals surface area contributed by atoms with Crippen LogP contribution in [0.1, 0.15) is 30.9 Å². The summed E-state index contributed by atoms with van der Waals surface area (Å²) in [6.45, 7) is -0.402. The first-order chi connectivity index (χ1) is 18.3. The number of nitrogen functional groups attached to an aromatic ring is 1. The van der Waals surface area contributed by atoms with Gasteiger partial charge in [0.1, 0.15) is 34.3 Å². The maximum atomic E-state index is 16.2. The highest BCUT2D eigenvalue weighted by Crippen LogP contribution is 2.47. The fourth-order valence-corrected chi connectivity index (χ4v) is 5.97. The Morgan fingerprint density at radius 1 is 1.15 bits per heavy atom. The van der Waals surface area contributed by atoms with E-state index in [9.17, 15) is 26.3 Å². The number of benzene rings is 1. The van der Waals surface area contributed by atoms with Gasteiger partial charge < -0.3 is 25.4 Å². The highest BCUT2D eigenvalue weighted by atomic mass is 19.4. The molecule has 3 aliphatic rings. The SMILES string of the molecule is Cc1c(F)c(N)cc(-c2nc3c4c(nc(OC(F)F)nc4c2F)N2C[C@H]4CC[C@H](N4)[C@H]2[C@H](C)O3)c1C(F)(F)F. The minimum atomic E-state index is -5.12. The van der Waals surface area contributed by atoms with Crippen molar-refractivity contribution in [2.24, 2.45) is 0 Å². The Bertz CT molecular complexity index is 1500. The molecule has 15 heteroatoms. The summed E-state index contributed by atoms with van der Waals surface area (Å²) in [5.41, 5.74) is 0.213. The number of hydrogen-bond acceptors (Lipinski definition) is 8. The van der Waals surface area contributed by atoms with Crippen LogP contribution in [0.25, 0.3) is 22.2 Å². The van der Waals surface area contributed by atoms with Crippen molar-refractivity contribution in [3.8, 4) is 23.1 Å². The standard InChI is InChI=1S/C24H21F7N6O2/c1-7-14(24(29,30)31)10(5-11(32)15(7)25)17-16(26)18-13-20(36-23(35-18)39-22(27)28)37-6-9-3-4-12(33-9)19(37)8(2)38-21(13)34-17/h5,8-9,12,19,22,33H,3-4,6,32H2,1-2H3/t8-,9+,12-,19+/m0/s1. The van der Waals surface area contributed by atoms with Crippen molar-refractivity contribution in [2.75, 3.05) is 17.2 Å². The van der Waals surface area contributed by atoms with Gasteiger partial charge in [0, 0.05) is 24.2 Å². The molecule has 39 heavy (non-hydrogen) atoms. The second kappa shape index (κ2) is 8.69. The Morgan fingerprint density at radius 2 is 1.90 bits per heavy atom. The summed E-state index contributed by atoms with van der Waals surface area (Å²) < 4.78 is 110.